The molecule has 54 nitrogen and oxygen atoms in total. The van der Waals surface area contributed by atoms with E-state index in [4.69, 9.17) is 80.5 Å². The Balaban J connectivity index is 1.02. The third kappa shape index (κ3) is 22.3. The minimum Gasteiger partial charge on any atom is -0.477 e. The van der Waals surface area contributed by atoms with Gasteiger partial charge in [0.1, 0.15) is 213 Å². The Kier molecular flexibility index (Phi) is 35.7. The second-order valence-electron chi connectivity index (χ2n) is 30.3. The highest BCUT2D eigenvalue weighted by molar-refractivity contribution is 5.77. The van der Waals surface area contributed by atoms with Crippen LogP contribution in [0.5, 0.6) is 0 Å². The molecule has 31 N–H and O–H groups in total. The Morgan fingerprint density at radius 1 is 0.339 bits per heavy atom. The minimum atomic E-state index is -3.32. The van der Waals surface area contributed by atoms with E-state index in [2.05, 4.69) is 26.6 Å². The zero-order valence-corrected chi connectivity index (χ0v) is 65.1. The van der Waals surface area contributed by atoms with Gasteiger partial charge in [-0.1, -0.05) is 0 Å². The molecule has 0 aromatic heterocycles. The summed E-state index contributed by atoms with van der Waals surface area (Å²) in [4.78, 5) is 76.9. The van der Waals surface area contributed by atoms with Gasteiger partial charge in [-0.2, -0.15) is 0 Å². The number of carbonyl (C=O) groups is 6. The van der Waals surface area contributed by atoms with E-state index in [-0.39, 0.29) is 0 Å². The van der Waals surface area contributed by atoms with Crippen molar-refractivity contribution >= 4 is 35.5 Å². The molecule has 121 heavy (non-hydrogen) atoms. The molecule has 0 aromatic carbocycles. The smallest absolute Gasteiger partial charge is 0.364 e. The molecule has 46 atom stereocenters. The van der Waals surface area contributed by atoms with E-state index >= 15 is 0 Å². The lowest BCUT2D eigenvalue weighted by molar-refractivity contribution is -0.392. The van der Waals surface area contributed by atoms with Crippen molar-refractivity contribution in [1.29, 1.82) is 0 Å². The van der Waals surface area contributed by atoms with Gasteiger partial charge in [0.05, 0.1) is 71.6 Å². The van der Waals surface area contributed by atoms with Crippen LogP contribution >= 0.6 is 0 Å². The molecule has 698 valence electrons. The largest absolute Gasteiger partial charge is 0.477 e. The molecule has 9 heterocycles. The Morgan fingerprint density at radius 3 is 1.03 bits per heavy atom. The van der Waals surface area contributed by atoms with Crippen LogP contribution in [-0.2, 0) is 109 Å². The van der Waals surface area contributed by atoms with Crippen molar-refractivity contribution in [2.75, 3.05) is 59.5 Å². The summed E-state index contributed by atoms with van der Waals surface area (Å²) in [5.74, 6) is -10.1. The fourth-order valence-electron chi connectivity index (χ4n) is 15.6. The number of aliphatic hydroxyl groups is 25. The standard InChI is InChI=1S/C67H111N5O49/c1-16(81)68-31-21(86)6-67(66(103)104,120-54(31)36(88)22(87)7-73)121-57-39(91)25(10-76)109-65(49(57)101)117-53-29(14-80)112-61(35(44(53)96)72-20(5)85)119-56-40(92)30(15-105-59-33(70-18(3)83)42(94)51(27(12-78)110-59)114-62-46(98)45(97)37(89)23(8-74)107-62)113-64(48(56)100)116-52-28(13-79)111-60(34(43(52)95)71-19(4)84)118-55-38(90)24(9-75)108-63(47(55)99)115-50-26(11-77)106-58(102)32(41(50)93)69-17(2)82/h21-65,73-80,86-102H,6-15H2,1-5H3,(H,68,81)(H,69,82)(H,70,83)(H,71,84)(H,72,85)(H,103,104)/t21-,22+,23+,24+,25+,26+,27+,28+,29+,30+,31+,32+,33+,34+,35+,36+,37-,38-,39-,40-,41+,42+,43+,44+,45-,46+,47+,48+,49+,50+,51+,52+,53+,54+,55-,56-,57-,58?,59+,60-,61-,62-,63-,64-,65-,67-/m0/s1. The van der Waals surface area contributed by atoms with Crippen molar-refractivity contribution in [2.24, 2.45) is 0 Å². The molecule has 0 spiro atoms. The van der Waals surface area contributed by atoms with Gasteiger partial charge >= 0.3 is 5.97 Å². The van der Waals surface area contributed by atoms with Crippen LogP contribution in [0.4, 0.5) is 0 Å². The average Bonchev–Trinajstić information content (AvgIpc) is 0.742. The van der Waals surface area contributed by atoms with Gasteiger partial charge in [0.2, 0.25) is 29.5 Å². The molecule has 9 fully saturated rings. The maximum atomic E-state index is 13.3. The summed E-state index contributed by atoms with van der Waals surface area (Å²) in [6.45, 7) is -5.63. The predicted molar refractivity (Wildman–Crippen MR) is 372 cm³/mol. The van der Waals surface area contributed by atoms with Crippen LogP contribution in [-0.4, -0.2) is 509 Å². The second-order valence-corrected chi connectivity index (χ2v) is 30.3. The maximum absolute atomic E-state index is 13.3. The van der Waals surface area contributed by atoms with Crippen molar-refractivity contribution < 1.29 is 242 Å². The zero-order valence-electron chi connectivity index (χ0n) is 65.1. The van der Waals surface area contributed by atoms with Crippen molar-refractivity contribution in [2.45, 2.75) is 323 Å². The van der Waals surface area contributed by atoms with Gasteiger partial charge in [-0.25, -0.2) is 4.79 Å². The van der Waals surface area contributed by atoms with E-state index in [0.717, 1.165) is 34.6 Å². The highest BCUT2D eigenvalue weighted by Gasteiger charge is 2.63. The number of amides is 5. The monoisotopic (exact) mass is 1770 g/mol. The number of aliphatic hydroxyl groups excluding tert-OH is 25. The Labute approximate surface area is 684 Å². The molecule has 0 aliphatic carbocycles. The van der Waals surface area contributed by atoms with Crippen LogP contribution in [0.25, 0.3) is 0 Å². The normalized spacial score (nSPS) is 46.6. The molecule has 5 amide bonds. The lowest BCUT2D eigenvalue weighted by Crippen LogP contribution is -2.71. The summed E-state index contributed by atoms with van der Waals surface area (Å²) in [6.07, 6.45) is -86.8. The second kappa shape index (κ2) is 43.3. The van der Waals surface area contributed by atoms with Gasteiger partial charge in [-0.05, 0) is 0 Å². The highest BCUT2D eigenvalue weighted by Crippen LogP contribution is 2.42. The van der Waals surface area contributed by atoms with E-state index in [1.165, 1.54) is 0 Å². The molecular formula is C67H111N5O49. The molecule has 0 radical (unpaired) electrons. The van der Waals surface area contributed by atoms with Gasteiger partial charge in [0, 0.05) is 41.0 Å². The van der Waals surface area contributed by atoms with Crippen molar-refractivity contribution in [3.8, 4) is 0 Å². The van der Waals surface area contributed by atoms with Crippen LogP contribution in [0.1, 0.15) is 41.0 Å². The number of rotatable bonds is 33. The van der Waals surface area contributed by atoms with Crippen LogP contribution in [0, 0.1) is 0 Å². The quantitative estimate of drug-likeness (QED) is 0.0290. The number of carbonyl (C=O) groups excluding carboxylic acids is 5. The van der Waals surface area contributed by atoms with Crippen LogP contribution in [0.2, 0.25) is 0 Å². The molecular weight excluding hydrogens is 1660 g/mol. The first-order valence-corrected chi connectivity index (χ1v) is 38.3. The molecule has 0 bridgehead atoms. The average molecular weight is 1770 g/mol. The fraction of sp³-hybridized carbons (Fsp3) is 0.910. The Morgan fingerprint density at radius 2 is 0.645 bits per heavy atom. The number of hydrogen-bond acceptors (Lipinski definition) is 48. The summed E-state index contributed by atoms with van der Waals surface area (Å²) in [6, 6.07) is -9.42. The lowest BCUT2D eigenvalue weighted by Gasteiger charge is -2.51. The number of ether oxygens (including phenoxy) is 17. The number of hydrogen-bond donors (Lipinski definition) is 31. The van der Waals surface area contributed by atoms with E-state index in [9.17, 15) is 162 Å². The first-order valence-electron chi connectivity index (χ1n) is 38.3. The third-order valence-electron chi connectivity index (χ3n) is 21.7. The highest BCUT2D eigenvalue weighted by atomic mass is 16.8. The van der Waals surface area contributed by atoms with Gasteiger partial charge < -0.3 is 240 Å². The van der Waals surface area contributed by atoms with Gasteiger partial charge in [0.25, 0.3) is 5.79 Å². The SMILES string of the molecule is CC(=O)N[C@H]1[C@H](OC[C@H]2O[C@@H](O[C@H]3[C@H](O)[C@@H](NC(C)=O)[C@H](O[C@H]4[C@@H](O)[C@@H](CO)O[C@@H](O[C@H]5[C@H](O)[C@@H](NC(C)=O)C(O)O[C@@H]5CO)[C@@H]4O)O[C@@H]3CO)[C@H](O)[C@@H](O[C@@H]3O[C@H](CO)[C@@H](O[C@@H]4O[C@H](CO)[C@H](O)[C@H](O[C@]5(C(=O)O)C[C@H](O)[C@@H](NC(C)=O)[C@H]([C@H](O)[C@H](O)CO)O5)[C@H]4O)[C@H](O)[C@H]3NC(C)=O)[C@H]2O)O[C@H](CO)[C@@H](O[C@@H]2O[C@H](CO)[C@H](O)[C@H](O)[C@H]2O)[C@@H]1O. The predicted octanol–water partition coefficient (Wildman–Crippen LogP) is -20.7. The molecule has 9 aliphatic heterocycles. The van der Waals surface area contributed by atoms with Crippen molar-refractivity contribution in [3.63, 3.8) is 0 Å². The summed E-state index contributed by atoms with van der Waals surface area (Å²) in [5.41, 5.74) is 0. The summed E-state index contributed by atoms with van der Waals surface area (Å²) in [5, 5.41) is 301. The summed E-state index contributed by atoms with van der Waals surface area (Å²) in [7, 11) is 0. The Hall–Kier alpha value is -4.86. The molecule has 1 unspecified atom stereocenters. The number of carboxylic acids is 1. The van der Waals surface area contributed by atoms with E-state index in [0.29, 0.717) is 0 Å². The molecule has 9 aliphatic rings. The first kappa shape index (κ1) is 99.9. The van der Waals surface area contributed by atoms with Crippen LogP contribution < -0.4 is 26.6 Å². The van der Waals surface area contributed by atoms with Gasteiger partial charge in [-0.15, -0.1) is 0 Å². The van der Waals surface area contributed by atoms with Crippen molar-refractivity contribution in [1.82, 2.24) is 26.6 Å². The van der Waals surface area contributed by atoms with Crippen LogP contribution in [0.3, 0.4) is 0 Å². The lowest BCUT2D eigenvalue weighted by atomic mass is 9.88. The first-order chi connectivity index (χ1) is 57.1. The number of carboxylic acid groups (broad SMARTS) is 1. The topological polar surface area (TPSA) is 845 Å². The minimum absolute atomic E-state index is 0.783. The molecule has 0 aromatic rings. The summed E-state index contributed by atoms with van der Waals surface area (Å²) >= 11 is 0. The number of aliphatic carboxylic acids is 1. The maximum Gasteiger partial charge on any atom is 0.364 e. The van der Waals surface area contributed by atoms with Crippen LogP contribution in [0.15, 0.2) is 0 Å². The fourth-order valence-corrected chi connectivity index (χ4v) is 15.6. The Bertz CT molecular complexity index is 3340. The summed E-state index contributed by atoms with van der Waals surface area (Å²) < 4.78 is 100.0. The van der Waals surface area contributed by atoms with E-state index in [1.807, 2.05) is 0 Å². The number of nitrogens with one attached hydrogen (secondary N) is 5. The molecule has 9 saturated heterocycles. The zero-order chi connectivity index (χ0) is 89.6. The molecule has 9 rings (SSSR count). The molecule has 54 heteroatoms. The van der Waals surface area contributed by atoms with Crippen molar-refractivity contribution in [3.05, 3.63) is 0 Å². The third-order valence-corrected chi connectivity index (χ3v) is 21.7. The van der Waals surface area contributed by atoms with E-state index < -0.39 is 383 Å². The van der Waals surface area contributed by atoms with E-state index in [1.54, 1.807) is 0 Å². The van der Waals surface area contributed by atoms with Gasteiger partial charge in [0.15, 0.2) is 50.3 Å². The molecule has 0 saturated carbocycles. The van der Waals surface area contributed by atoms with Gasteiger partial charge in [-0.3, -0.25) is 24.0 Å².